The second kappa shape index (κ2) is 12.6. The highest BCUT2D eigenvalue weighted by Gasteiger charge is 2.35. The summed E-state index contributed by atoms with van der Waals surface area (Å²) in [5.41, 5.74) is 0.612. The Morgan fingerprint density at radius 1 is 0.914 bits per heavy atom. The summed E-state index contributed by atoms with van der Waals surface area (Å²) in [4.78, 5) is 30.7. The highest BCUT2D eigenvalue weighted by atomic mass is 16.5. The molecule has 0 spiro atoms. The standard InChI is InChI=1S/C29H38N2O4/c1-2-30-20-12-3-4-13-21-31(28(32)22-34-23-14-6-5-7-15-23)25-17-9-11-19-27(25)35-26-18-10-8-16-24(26)29(30)33/h5-8,10,14-16,18,25,27H,2-4,9,11-13,17,19-22H2,1H3/t25-,27+/m1/s1. The molecule has 1 aliphatic heterocycles. The van der Waals surface area contributed by atoms with E-state index in [9.17, 15) is 9.59 Å². The summed E-state index contributed by atoms with van der Waals surface area (Å²) in [5, 5.41) is 0. The average Bonchev–Trinajstić information content (AvgIpc) is 2.90. The second-order valence-corrected chi connectivity index (χ2v) is 9.49. The summed E-state index contributed by atoms with van der Waals surface area (Å²) in [7, 11) is 0. The lowest BCUT2D eigenvalue weighted by Gasteiger charge is -2.40. The van der Waals surface area contributed by atoms with Crippen molar-refractivity contribution < 1.29 is 19.1 Å². The zero-order valence-corrected chi connectivity index (χ0v) is 20.9. The molecule has 2 aromatic rings. The molecule has 2 amide bonds. The van der Waals surface area contributed by atoms with Gasteiger partial charge >= 0.3 is 0 Å². The summed E-state index contributed by atoms with van der Waals surface area (Å²) >= 11 is 0. The molecule has 188 valence electrons. The predicted molar refractivity (Wildman–Crippen MR) is 137 cm³/mol. The van der Waals surface area contributed by atoms with Crippen molar-refractivity contribution in [3.8, 4) is 11.5 Å². The van der Waals surface area contributed by atoms with Gasteiger partial charge in [-0.3, -0.25) is 9.59 Å². The number of hydrogen-bond acceptors (Lipinski definition) is 4. The summed E-state index contributed by atoms with van der Waals surface area (Å²) in [6.45, 7) is 4.18. The van der Waals surface area contributed by atoms with E-state index in [4.69, 9.17) is 9.47 Å². The molecule has 0 unspecified atom stereocenters. The maximum atomic E-state index is 13.4. The summed E-state index contributed by atoms with van der Waals surface area (Å²) in [6, 6.07) is 17.0. The first-order valence-corrected chi connectivity index (χ1v) is 13.2. The van der Waals surface area contributed by atoms with Gasteiger partial charge in [0.1, 0.15) is 17.6 Å². The number of benzene rings is 2. The Balaban J connectivity index is 1.58. The molecule has 6 nitrogen and oxygen atoms in total. The van der Waals surface area contributed by atoms with Gasteiger partial charge in [0.15, 0.2) is 6.61 Å². The van der Waals surface area contributed by atoms with Crippen LogP contribution < -0.4 is 9.47 Å². The van der Waals surface area contributed by atoms with Gasteiger partial charge in [-0.15, -0.1) is 0 Å². The predicted octanol–water partition coefficient (Wildman–Crippen LogP) is 5.32. The summed E-state index contributed by atoms with van der Waals surface area (Å²) < 4.78 is 12.4. The van der Waals surface area contributed by atoms with E-state index in [0.717, 1.165) is 57.9 Å². The monoisotopic (exact) mass is 478 g/mol. The largest absolute Gasteiger partial charge is 0.487 e. The number of carbonyl (C=O) groups excluding carboxylic acids is 2. The average molecular weight is 479 g/mol. The molecule has 1 aliphatic carbocycles. The molecule has 2 aromatic carbocycles. The third-order valence-electron chi connectivity index (χ3n) is 7.14. The van der Waals surface area contributed by atoms with Crippen LogP contribution in [-0.4, -0.2) is 60.0 Å². The van der Waals surface area contributed by atoms with E-state index in [1.807, 2.05) is 71.3 Å². The van der Waals surface area contributed by atoms with Crippen LogP contribution in [0.4, 0.5) is 0 Å². The fourth-order valence-corrected chi connectivity index (χ4v) is 5.21. The van der Waals surface area contributed by atoms with Crippen LogP contribution in [0.15, 0.2) is 54.6 Å². The van der Waals surface area contributed by atoms with Crippen molar-refractivity contribution in [1.29, 1.82) is 0 Å². The SMILES string of the molecule is CCN1CCCCCCN(C(=O)COc2ccccc2)[C@@H]2CCCC[C@@H]2Oc2ccccc2C1=O. The van der Waals surface area contributed by atoms with Crippen molar-refractivity contribution in [3.63, 3.8) is 0 Å². The molecule has 0 saturated heterocycles. The zero-order chi connectivity index (χ0) is 24.5. The summed E-state index contributed by atoms with van der Waals surface area (Å²) in [6.07, 6.45) is 7.72. The van der Waals surface area contributed by atoms with E-state index in [2.05, 4.69) is 0 Å². The van der Waals surface area contributed by atoms with Gasteiger partial charge in [0.05, 0.1) is 11.6 Å². The third-order valence-corrected chi connectivity index (χ3v) is 7.14. The number of hydrogen-bond donors (Lipinski definition) is 0. The van der Waals surface area contributed by atoms with Crippen molar-refractivity contribution in [2.75, 3.05) is 26.2 Å². The van der Waals surface area contributed by atoms with Crippen LogP contribution in [0, 0.1) is 0 Å². The highest BCUT2D eigenvalue weighted by Crippen LogP contribution is 2.30. The van der Waals surface area contributed by atoms with E-state index in [-0.39, 0.29) is 30.6 Å². The molecule has 0 radical (unpaired) electrons. The van der Waals surface area contributed by atoms with Gasteiger partial charge in [0.25, 0.3) is 11.8 Å². The smallest absolute Gasteiger partial charge is 0.260 e. The number of nitrogens with zero attached hydrogens (tertiary/aromatic N) is 2. The topological polar surface area (TPSA) is 59.1 Å². The normalized spacial score (nSPS) is 21.8. The van der Waals surface area contributed by atoms with Crippen molar-refractivity contribution in [3.05, 3.63) is 60.2 Å². The van der Waals surface area contributed by atoms with E-state index in [0.29, 0.717) is 30.2 Å². The molecule has 1 heterocycles. The molecular formula is C29H38N2O4. The molecule has 0 N–H and O–H groups in total. The Labute approximate surface area is 209 Å². The van der Waals surface area contributed by atoms with Crippen LogP contribution in [0.1, 0.15) is 68.6 Å². The molecule has 0 aromatic heterocycles. The molecule has 35 heavy (non-hydrogen) atoms. The number of para-hydroxylation sites is 2. The molecule has 2 atom stereocenters. The Hall–Kier alpha value is -3.02. The molecule has 0 bridgehead atoms. The van der Waals surface area contributed by atoms with Crippen LogP contribution in [-0.2, 0) is 4.79 Å². The van der Waals surface area contributed by atoms with Crippen LogP contribution in [0.25, 0.3) is 0 Å². The minimum absolute atomic E-state index is 0.00275. The van der Waals surface area contributed by atoms with Crippen LogP contribution >= 0.6 is 0 Å². The fourth-order valence-electron chi connectivity index (χ4n) is 5.21. The molecule has 1 fully saturated rings. The lowest BCUT2D eigenvalue weighted by Crippen LogP contribution is -2.52. The van der Waals surface area contributed by atoms with Crippen molar-refractivity contribution >= 4 is 11.8 Å². The summed E-state index contributed by atoms with van der Waals surface area (Å²) in [5.74, 6) is 1.35. The van der Waals surface area contributed by atoms with Crippen LogP contribution in [0.5, 0.6) is 11.5 Å². The lowest BCUT2D eigenvalue weighted by molar-refractivity contribution is -0.139. The number of rotatable bonds is 4. The number of ether oxygens (including phenoxy) is 2. The number of fused-ring (bicyclic) bond motifs is 2. The van der Waals surface area contributed by atoms with E-state index in [1.165, 1.54) is 0 Å². The minimum atomic E-state index is -0.142. The first-order chi connectivity index (χ1) is 17.2. The number of carbonyl (C=O) groups is 2. The van der Waals surface area contributed by atoms with Crippen LogP contribution in [0.3, 0.4) is 0 Å². The molecule has 1 saturated carbocycles. The fraction of sp³-hybridized carbons (Fsp3) is 0.517. The Morgan fingerprint density at radius 3 is 2.43 bits per heavy atom. The van der Waals surface area contributed by atoms with Gasteiger partial charge in [-0.05, 0) is 63.3 Å². The Kier molecular flexibility index (Phi) is 9.04. The van der Waals surface area contributed by atoms with Gasteiger partial charge in [0, 0.05) is 19.6 Å². The first kappa shape index (κ1) is 25.1. The van der Waals surface area contributed by atoms with E-state index >= 15 is 0 Å². The van der Waals surface area contributed by atoms with Gasteiger partial charge in [-0.25, -0.2) is 0 Å². The Bertz CT molecular complexity index is 964. The highest BCUT2D eigenvalue weighted by molar-refractivity contribution is 5.97. The van der Waals surface area contributed by atoms with Gasteiger partial charge < -0.3 is 19.3 Å². The van der Waals surface area contributed by atoms with Crippen molar-refractivity contribution in [2.24, 2.45) is 0 Å². The lowest BCUT2D eigenvalue weighted by atomic mass is 9.90. The maximum Gasteiger partial charge on any atom is 0.260 e. The quantitative estimate of drug-likeness (QED) is 0.597. The second-order valence-electron chi connectivity index (χ2n) is 9.49. The number of amides is 2. The van der Waals surface area contributed by atoms with E-state index in [1.54, 1.807) is 0 Å². The third kappa shape index (κ3) is 6.56. The molecular weight excluding hydrogens is 440 g/mol. The van der Waals surface area contributed by atoms with E-state index < -0.39 is 0 Å². The van der Waals surface area contributed by atoms with Gasteiger partial charge in [-0.2, -0.15) is 0 Å². The van der Waals surface area contributed by atoms with Crippen molar-refractivity contribution in [1.82, 2.24) is 9.80 Å². The minimum Gasteiger partial charge on any atom is -0.487 e. The molecule has 4 rings (SSSR count). The Morgan fingerprint density at radius 2 is 1.63 bits per heavy atom. The first-order valence-electron chi connectivity index (χ1n) is 13.2. The maximum absolute atomic E-state index is 13.4. The van der Waals surface area contributed by atoms with Gasteiger partial charge in [0.2, 0.25) is 0 Å². The molecule has 6 heteroatoms. The molecule has 2 aliphatic rings. The van der Waals surface area contributed by atoms with Gasteiger partial charge in [-0.1, -0.05) is 49.6 Å². The zero-order valence-electron chi connectivity index (χ0n) is 20.9. The van der Waals surface area contributed by atoms with Crippen molar-refractivity contribution in [2.45, 2.75) is 70.4 Å². The van der Waals surface area contributed by atoms with Crippen LogP contribution in [0.2, 0.25) is 0 Å².